The molecule has 0 saturated carbocycles. The average molecular weight is 366 g/mol. The molecule has 0 aliphatic rings. The lowest BCUT2D eigenvalue weighted by molar-refractivity contribution is -0.115. The molecule has 1 aromatic heterocycles. The summed E-state index contributed by atoms with van der Waals surface area (Å²) in [5.74, 6) is 0.815. The first-order chi connectivity index (χ1) is 11.4. The molecular formula is C18H27N3OS2. The lowest BCUT2D eigenvalue weighted by Gasteiger charge is -2.01. The van der Waals surface area contributed by atoms with Gasteiger partial charge in [0.2, 0.25) is 5.91 Å². The summed E-state index contributed by atoms with van der Waals surface area (Å²) in [5, 5.41) is 3.49. The molecule has 0 aliphatic carbocycles. The Balaban J connectivity index is 2.54. The zero-order valence-corrected chi connectivity index (χ0v) is 16.8. The number of thiazole rings is 1. The molecular weight excluding hydrogens is 338 g/mol. The standard InChI is InChI=1S/C18H27N3OS2/c1-6-14(5)10-19-15(7-2)12-23-17-11-20-18(24-17)21-16(22)9-8-13(3)4/h8,10-11H,6-7,9,12H2,1-5H3,(H,20,21,22)/b14-10+,19-15?. The molecule has 0 saturated heterocycles. The Bertz CT molecular complexity index is 626. The normalized spacial score (nSPS) is 12.2. The maximum absolute atomic E-state index is 11.8. The third-order valence-electron chi connectivity index (χ3n) is 3.24. The summed E-state index contributed by atoms with van der Waals surface area (Å²) < 4.78 is 1.09. The van der Waals surface area contributed by atoms with Crippen LogP contribution >= 0.6 is 23.1 Å². The van der Waals surface area contributed by atoms with Crippen LogP contribution in [-0.4, -0.2) is 22.4 Å². The van der Waals surface area contributed by atoms with Gasteiger partial charge in [-0.1, -0.05) is 42.4 Å². The van der Waals surface area contributed by atoms with E-state index in [0.29, 0.717) is 11.6 Å². The Morgan fingerprint density at radius 2 is 2.08 bits per heavy atom. The van der Waals surface area contributed by atoms with Crippen molar-refractivity contribution in [1.82, 2.24) is 4.98 Å². The van der Waals surface area contributed by atoms with Crippen molar-refractivity contribution in [2.24, 2.45) is 4.99 Å². The first-order valence-electron chi connectivity index (χ1n) is 8.17. The van der Waals surface area contributed by atoms with Crippen LogP contribution in [0, 0.1) is 0 Å². The van der Waals surface area contributed by atoms with Gasteiger partial charge in [0, 0.05) is 24.1 Å². The van der Waals surface area contributed by atoms with Crippen molar-refractivity contribution in [3.05, 3.63) is 29.6 Å². The van der Waals surface area contributed by atoms with Gasteiger partial charge in [-0.25, -0.2) is 4.98 Å². The number of amides is 1. The van der Waals surface area contributed by atoms with Crippen molar-refractivity contribution in [2.45, 2.75) is 58.1 Å². The molecule has 4 nitrogen and oxygen atoms in total. The largest absolute Gasteiger partial charge is 0.302 e. The van der Waals surface area contributed by atoms with Crippen LogP contribution in [0.15, 0.2) is 38.8 Å². The number of carbonyl (C=O) groups is 1. The smallest absolute Gasteiger partial charge is 0.229 e. The highest BCUT2D eigenvalue weighted by molar-refractivity contribution is 8.01. The Kier molecular flexibility index (Phi) is 9.64. The number of aromatic nitrogens is 1. The number of carbonyl (C=O) groups excluding carboxylic acids is 1. The van der Waals surface area contributed by atoms with Crippen molar-refractivity contribution in [3.63, 3.8) is 0 Å². The van der Waals surface area contributed by atoms with Crippen molar-refractivity contribution >= 4 is 39.8 Å². The van der Waals surface area contributed by atoms with Crippen LogP contribution in [0.5, 0.6) is 0 Å². The second-order valence-corrected chi connectivity index (χ2v) is 7.99. The van der Waals surface area contributed by atoms with E-state index in [4.69, 9.17) is 0 Å². The van der Waals surface area contributed by atoms with E-state index in [-0.39, 0.29) is 5.91 Å². The molecule has 1 N–H and O–H groups in total. The van der Waals surface area contributed by atoms with Gasteiger partial charge in [0.25, 0.3) is 0 Å². The minimum Gasteiger partial charge on any atom is -0.302 e. The fraction of sp³-hybridized carbons (Fsp3) is 0.500. The number of hydrogen-bond acceptors (Lipinski definition) is 5. The van der Waals surface area contributed by atoms with Gasteiger partial charge in [0.05, 0.1) is 10.4 Å². The molecule has 0 atom stereocenters. The number of anilines is 1. The Hall–Kier alpha value is -1.40. The molecule has 1 rings (SSSR count). The molecule has 1 heterocycles. The number of aliphatic imine (C=N–C) groups is 1. The van der Waals surface area contributed by atoms with Crippen LogP contribution < -0.4 is 5.32 Å². The van der Waals surface area contributed by atoms with Gasteiger partial charge >= 0.3 is 0 Å². The van der Waals surface area contributed by atoms with Gasteiger partial charge in [-0.15, -0.1) is 11.8 Å². The van der Waals surface area contributed by atoms with Crippen LogP contribution in [0.1, 0.15) is 53.9 Å². The number of hydrogen-bond donors (Lipinski definition) is 1. The Morgan fingerprint density at radius 1 is 1.33 bits per heavy atom. The highest BCUT2D eigenvalue weighted by atomic mass is 32.2. The predicted octanol–water partition coefficient (Wildman–Crippen LogP) is 5.69. The number of rotatable bonds is 9. The fourth-order valence-corrected chi connectivity index (χ4v) is 3.46. The Morgan fingerprint density at radius 3 is 2.71 bits per heavy atom. The highest BCUT2D eigenvalue weighted by Crippen LogP contribution is 2.28. The molecule has 1 aromatic rings. The van der Waals surface area contributed by atoms with E-state index in [2.05, 4.69) is 36.1 Å². The topological polar surface area (TPSA) is 54.4 Å². The number of allylic oxidation sites excluding steroid dienone is 2. The summed E-state index contributed by atoms with van der Waals surface area (Å²) in [5.41, 5.74) is 3.58. The molecule has 0 aliphatic heterocycles. The fourth-order valence-electron chi connectivity index (χ4n) is 1.53. The van der Waals surface area contributed by atoms with Crippen molar-refractivity contribution in [3.8, 4) is 0 Å². The number of nitrogens with one attached hydrogen (secondary N) is 1. The molecule has 0 bridgehead atoms. The molecule has 132 valence electrons. The molecule has 6 heteroatoms. The van der Waals surface area contributed by atoms with Crippen molar-refractivity contribution in [1.29, 1.82) is 0 Å². The molecule has 0 unspecified atom stereocenters. The van der Waals surface area contributed by atoms with Crippen LogP contribution in [0.2, 0.25) is 0 Å². The van der Waals surface area contributed by atoms with E-state index < -0.39 is 0 Å². The minimum atomic E-state index is -0.0295. The van der Waals surface area contributed by atoms with E-state index in [9.17, 15) is 4.79 Å². The number of thioether (sulfide) groups is 1. The zero-order chi connectivity index (χ0) is 17.9. The van der Waals surface area contributed by atoms with Crippen LogP contribution in [0.4, 0.5) is 5.13 Å². The summed E-state index contributed by atoms with van der Waals surface area (Å²) in [6, 6.07) is 0. The molecule has 1 amide bonds. The van der Waals surface area contributed by atoms with E-state index in [1.54, 1.807) is 11.8 Å². The monoisotopic (exact) mass is 365 g/mol. The molecule has 0 aromatic carbocycles. The quantitative estimate of drug-likeness (QED) is 0.347. The van der Waals surface area contributed by atoms with E-state index in [1.807, 2.05) is 32.3 Å². The summed E-state index contributed by atoms with van der Waals surface area (Å²) in [6.45, 7) is 10.3. The predicted molar refractivity (Wildman–Crippen MR) is 107 cm³/mol. The van der Waals surface area contributed by atoms with Crippen LogP contribution in [0.25, 0.3) is 0 Å². The van der Waals surface area contributed by atoms with Gasteiger partial charge in [0.15, 0.2) is 5.13 Å². The maximum atomic E-state index is 11.8. The molecule has 0 fully saturated rings. The van der Waals surface area contributed by atoms with E-state index in [0.717, 1.165) is 34.1 Å². The first kappa shape index (κ1) is 20.6. The van der Waals surface area contributed by atoms with Gasteiger partial charge < -0.3 is 5.32 Å². The highest BCUT2D eigenvalue weighted by Gasteiger charge is 2.07. The molecule has 0 spiro atoms. The first-order valence-corrected chi connectivity index (χ1v) is 9.97. The Labute approximate surface area is 153 Å². The summed E-state index contributed by atoms with van der Waals surface area (Å²) >= 11 is 3.22. The van der Waals surface area contributed by atoms with E-state index in [1.165, 1.54) is 16.9 Å². The van der Waals surface area contributed by atoms with Gasteiger partial charge in [-0.3, -0.25) is 9.79 Å². The third-order valence-corrected chi connectivity index (χ3v) is 5.42. The summed E-state index contributed by atoms with van der Waals surface area (Å²) in [7, 11) is 0. The SMILES string of the molecule is CCC(CSc1cnc(NC(=O)CC=C(C)C)s1)=N/C=C(\C)CC. The third kappa shape index (κ3) is 8.45. The average Bonchev–Trinajstić information content (AvgIpc) is 3.00. The van der Waals surface area contributed by atoms with Gasteiger partial charge in [-0.2, -0.15) is 0 Å². The van der Waals surface area contributed by atoms with Crippen LogP contribution in [0.3, 0.4) is 0 Å². The van der Waals surface area contributed by atoms with Gasteiger partial charge in [0.1, 0.15) is 0 Å². The lowest BCUT2D eigenvalue weighted by atomic mass is 10.2. The summed E-state index contributed by atoms with van der Waals surface area (Å²) in [4.78, 5) is 20.6. The number of nitrogens with zero attached hydrogens (tertiary/aromatic N) is 2. The second kappa shape index (κ2) is 11.2. The molecule has 24 heavy (non-hydrogen) atoms. The van der Waals surface area contributed by atoms with E-state index >= 15 is 0 Å². The lowest BCUT2D eigenvalue weighted by Crippen LogP contribution is -2.09. The minimum absolute atomic E-state index is 0.0295. The van der Waals surface area contributed by atoms with Gasteiger partial charge in [-0.05, 0) is 33.6 Å². The second-order valence-electron chi connectivity index (χ2n) is 5.68. The maximum Gasteiger partial charge on any atom is 0.229 e. The zero-order valence-electron chi connectivity index (χ0n) is 15.2. The van der Waals surface area contributed by atoms with Crippen molar-refractivity contribution in [2.75, 3.05) is 11.1 Å². The van der Waals surface area contributed by atoms with Crippen molar-refractivity contribution < 1.29 is 4.79 Å². The summed E-state index contributed by atoms with van der Waals surface area (Å²) in [6.07, 6.45) is 8.03. The van der Waals surface area contributed by atoms with Crippen LogP contribution in [-0.2, 0) is 4.79 Å². The molecule has 0 radical (unpaired) electrons.